The summed E-state index contributed by atoms with van der Waals surface area (Å²) in [4.78, 5) is 23.0. The highest BCUT2D eigenvalue weighted by Crippen LogP contribution is 2.19. The molecule has 0 N–H and O–H groups in total. The molecule has 0 fully saturated rings. The summed E-state index contributed by atoms with van der Waals surface area (Å²) in [7, 11) is 0. The Hall–Kier alpha value is -1.74. The Bertz CT molecular complexity index is 384. The van der Waals surface area contributed by atoms with Gasteiger partial charge in [0.05, 0.1) is 0 Å². The molecule has 0 aromatic carbocycles. The lowest BCUT2D eigenvalue weighted by Gasteiger charge is -2.15. The third-order valence-corrected chi connectivity index (χ3v) is 2.32. The Morgan fingerprint density at radius 2 is 1.35 bits per heavy atom. The minimum Gasteiger partial charge on any atom is -0.455 e. The molecule has 0 saturated heterocycles. The number of hydrogen-bond acceptors (Lipinski definition) is 4. The summed E-state index contributed by atoms with van der Waals surface area (Å²) in [6, 6.07) is 0. The van der Waals surface area contributed by atoms with Crippen molar-refractivity contribution in [1.82, 2.24) is 0 Å². The highest BCUT2D eigenvalue weighted by molar-refractivity contribution is 5.95. The van der Waals surface area contributed by atoms with Gasteiger partial charge in [-0.3, -0.25) is 9.59 Å². The summed E-state index contributed by atoms with van der Waals surface area (Å²) < 4.78 is 79.7. The molecule has 0 aliphatic heterocycles. The second-order valence-electron chi connectivity index (χ2n) is 4.49. The van der Waals surface area contributed by atoms with E-state index in [1.165, 1.54) is 6.08 Å². The van der Waals surface area contributed by atoms with Crippen molar-refractivity contribution >= 4 is 11.9 Å². The first-order valence-corrected chi connectivity index (χ1v) is 6.58. The largest absolute Gasteiger partial charge is 0.455 e. The molecular formula is C13H16F6O4. The van der Waals surface area contributed by atoms with Gasteiger partial charge in [0.15, 0.2) is 19.1 Å². The van der Waals surface area contributed by atoms with E-state index >= 15 is 0 Å². The molecule has 10 heteroatoms. The van der Waals surface area contributed by atoms with Gasteiger partial charge in [-0.2, -0.15) is 26.3 Å². The number of halogens is 6. The molecule has 0 bridgehead atoms. The third-order valence-electron chi connectivity index (χ3n) is 2.32. The van der Waals surface area contributed by atoms with E-state index in [1.54, 1.807) is 6.08 Å². The van der Waals surface area contributed by atoms with Gasteiger partial charge in [0.25, 0.3) is 0 Å². The Kier molecular flexibility index (Phi) is 8.70. The van der Waals surface area contributed by atoms with Gasteiger partial charge in [-0.25, -0.2) is 0 Å². The number of carbonyl (C=O) groups is 2. The highest BCUT2D eigenvalue weighted by Gasteiger charge is 2.36. The molecule has 0 spiro atoms. The fourth-order valence-electron chi connectivity index (χ4n) is 1.31. The summed E-state index contributed by atoms with van der Waals surface area (Å²) in [5.41, 5.74) is 0. The maximum atomic E-state index is 12.0. The monoisotopic (exact) mass is 350 g/mol. The van der Waals surface area contributed by atoms with Gasteiger partial charge in [-0.15, -0.1) is 0 Å². The van der Waals surface area contributed by atoms with Gasteiger partial charge >= 0.3 is 24.3 Å². The van der Waals surface area contributed by atoms with Crippen molar-refractivity contribution in [2.45, 2.75) is 38.5 Å². The zero-order valence-corrected chi connectivity index (χ0v) is 12.2. The topological polar surface area (TPSA) is 52.6 Å². The number of hydrogen-bond donors (Lipinski definition) is 0. The van der Waals surface area contributed by atoms with Crippen molar-refractivity contribution in [3.05, 3.63) is 12.2 Å². The van der Waals surface area contributed by atoms with E-state index in [-0.39, 0.29) is 0 Å². The first-order valence-electron chi connectivity index (χ1n) is 6.58. The predicted molar refractivity (Wildman–Crippen MR) is 66.2 cm³/mol. The van der Waals surface area contributed by atoms with Crippen LogP contribution in [0.15, 0.2) is 12.2 Å². The van der Waals surface area contributed by atoms with Crippen LogP contribution in [0.3, 0.4) is 0 Å². The minimum atomic E-state index is -4.81. The van der Waals surface area contributed by atoms with Crippen LogP contribution in [0.1, 0.15) is 26.2 Å². The molecule has 134 valence electrons. The van der Waals surface area contributed by atoms with Gasteiger partial charge < -0.3 is 9.47 Å². The summed E-state index contributed by atoms with van der Waals surface area (Å²) in [5, 5.41) is 0. The number of allylic oxidation sites excluding steroid dienone is 2. The normalized spacial score (nSPS) is 12.7. The van der Waals surface area contributed by atoms with Crippen LogP contribution in [0, 0.1) is 5.92 Å². The molecule has 0 saturated carbocycles. The number of alkyl halides is 6. The second-order valence-corrected chi connectivity index (χ2v) is 4.49. The smallest absolute Gasteiger partial charge is 0.422 e. The maximum absolute atomic E-state index is 12.0. The molecule has 0 amide bonds. The SMILES string of the molecule is CCC/C=C/CC(C(=O)OCC(F)(F)F)C(=O)OCC(F)(F)F. The van der Waals surface area contributed by atoms with Gasteiger partial charge in [-0.1, -0.05) is 25.5 Å². The molecule has 0 heterocycles. The van der Waals surface area contributed by atoms with E-state index in [0.29, 0.717) is 6.42 Å². The number of unbranched alkanes of at least 4 members (excludes halogenated alkanes) is 1. The van der Waals surface area contributed by atoms with Crippen LogP contribution >= 0.6 is 0 Å². The maximum Gasteiger partial charge on any atom is 0.422 e. The van der Waals surface area contributed by atoms with E-state index in [4.69, 9.17) is 0 Å². The fourth-order valence-corrected chi connectivity index (χ4v) is 1.31. The van der Waals surface area contributed by atoms with Crippen LogP contribution in [0.4, 0.5) is 26.3 Å². The van der Waals surface area contributed by atoms with Gasteiger partial charge in [0, 0.05) is 0 Å². The molecule has 0 unspecified atom stereocenters. The standard InChI is InChI=1S/C13H16F6O4/c1-2-3-4-5-6-9(10(20)22-7-12(14,15)16)11(21)23-8-13(17,18)19/h4-5,9H,2-3,6-8H2,1H3/b5-4+. The Labute approximate surface area is 128 Å². The van der Waals surface area contributed by atoms with E-state index in [0.717, 1.165) is 6.42 Å². The number of rotatable bonds is 8. The van der Waals surface area contributed by atoms with Crippen LogP contribution in [0.2, 0.25) is 0 Å². The molecule has 0 rings (SSSR count). The summed E-state index contributed by atoms with van der Waals surface area (Å²) in [6.45, 7) is -2.04. The number of carbonyl (C=O) groups excluding carboxylic acids is 2. The lowest BCUT2D eigenvalue weighted by molar-refractivity contribution is -0.199. The predicted octanol–water partition coefficient (Wildman–Crippen LogP) is 3.56. The number of esters is 2. The van der Waals surface area contributed by atoms with Crippen molar-refractivity contribution < 1.29 is 45.4 Å². The van der Waals surface area contributed by atoms with Crippen molar-refractivity contribution in [3.8, 4) is 0 Å². The van der Waals surface area contributed by atoms with E-state index in [9.17, 15) is 35.9 Å². The number of ether oxygens (including phenoxy) is 2. The first-order chi connectivity index (χ1) is 10.5. The van der Waals surface area contributed by atoms with Crippen LogP contribution in [-0.2, 0) is 19.1 Å². The first kappa shape index (κ1) is 21.3. The van der Waals surface area contributed by atoms with Gasteiger partial charge in [0.2, 0.25) is 0 Å². The van der Waals surface area contributed by atoms with Crippen LogP contribution in [0.5, 0.6) is 0 Å². The van der Waals surface area contributed by atoms with E-state index < -0.39 is 49.8 Å². The average Bonchev–Trinajstić information content (AvgIpc) is 2.41. The fraction of sp³-hybridized carbons (Fsp3) is 0.692. The molecule has 0 aliphatic carbocycles. The van der Waals surface area contributed by atoms with Crippen molar-refractivity contribution in [2.75, 3.05) is 13.2 Å². The average molecular weight is 350 g/mol. The molecule has 23 heavy (non-hydrogen) atoms. The van der Waals surface area contributed by atoms with Crippen LogP contribution in [0.25, 0.3) is 0 Å². The third kappa shape index (κ3) is 11.5. The molecule has 4 nitrogen and oxygen atoms in total. The molecule has 0 aliphatic rings. The lowest BCUT2D eigenvalue weighted by atomic mass is 10.1. The Morgan fingerprint density at radius 1 is 0.913 bits per heavy atom. The minimum absolute atomic E-state index is 0.409. The van der Waals surface area contributed by atoms with Crippen molar-refractivity contribution in [1.29, 1.82) is 0 Å². The zero-order chi connectivity index (χ0) is 18.1. The molecule has 0 atom stereocenters. The van der Waals surface area contributed by atoms with Gasteiger partial charge in [0.1, 0.15) is 0 Å². The van der Waals surface area contributed by atoms with Crippen LogP contribution in [-0.4, -0.2) is 37.5 Å². The molecular weight excluding hydrogens is 334 g/mol. The Balaban J connectivity index is 4.78. The summed E-state index contributed by atoms with van der Waals surface area (Å²) in [5.74, 6) is -5.06. The quantitative estimate of drug-likeness (QED) is 0.291. The van der Waals surface area contributed by atoms with E-state index in [1.807, 2.05) is 6.92 Å². The van der Waals surface area contributed by atoms with Crippen LogP contribution < -0.4 is 0 Å². The highest BCUT2D eigenvalue weighted by atomic mass is 19.4. The van der Waals surface area contributed by atoms with Crippen molar-refractivity contribution in [2.24, 2.45) is 5.92 Å². The molecule has 0 aromatic rings. The summed E-state index contributed by atoms with van der Waals surface area (Å²) in [6.07, 6.45) is -5.88. The van der Waals surface area contributed by atoms with Crippen molar-refractivity contribution in [3.63, 3.8) is 0 Å². The van der Waals surface area contributed by atoms with Gasteiger partial charge in [-0.05, 0) is 12.8 Å². The zero-order valence-electron chi connectivity index (χ0n) is 12.2. The molecule has 0 aromatic heterocycles. The van der Waals surface area contributed by atoms with E-state index in [2.05, 4.69) is 9.47 Å². The summed E-state index contributed by atoms with van der Waals surface area (Å²) >= 11 is 0. The molecule has 0 radical (unpaired) electrons. The lowest BCUT2D eigenvalue weighted by Crippen LogP contribution is -2.32. The second kappa shape index (κ2) is 9.41. The Morgan fingerprint density at radius 3 is 1.70 bits per heavy atom.